The number of primary amides is 1. The van der Waals surface area contributed by atoms with Crippen molar-refractivity contribution < 1.29 is 9.90 Å². The molecule has 21 heavy (non-hydrogen) atoms. The third-order valence-corrected chi connectivity index (χ3v) is 4.35. The number of aliphatic hydroxyl groups is 1. The molecule has 1 aliphatic rings. The van der Waals surface area contributed by atoms with Crippen molar-refractivity contribution >= 4 is 29.1 Å². The van der Waals surface area contributed by atoms with Gasteiger partial charge in [-0.2, -0.15) is 0 Å². The maximum Gasteiger partial charge on any atom is 0.252 e. The molecule has 0 aliphatic carbocycles. The zero-order valence-corrected chi connectivity index (χ0v) is 12.5. The average Bonchev–Trinajstić information content (AvgIpc) is 2.73. The van der Waals surface area contributed by atoms with Crippen LogP contribution in [-0.4, -0.2) is 20.6 Å². The Kier molecular flexibility index (Phi) is 3.65. The number of hydrogen-bond acceptors (Lipinski definition) is 3. The van der Waals surface area contributed by atoms with E-state index < -0.39 is 12.0 Å². The molecular weight excluding hydrogens is 313 g/mol. The highest BCUT2D eigenvalue weighted by Gasteiger charge is 2.32. The zero-order valence-electron chi connectivity index (χ0n) is 11.0. The van der Waals surface area contributed by atoms with E-state index in [1.807, 2.05) is 4.57 Å². The number of aromatic nitrogens is 2. The Morgan fingerprint density at radius 2 is 2.24 bits per heavy atom. The Bertz CT molecular complexity index is 727. The molecule has 3 rings (SSSR count). The molecule has 3 heterocycles. The molecule has 7 heteroatoms. The first-order valence-corrected chi connectivity index (χ1v) is 7.28. The third-order valence-electron chi connectivity index (χ3n) is 3.68. The predicted molar refractivity (Wildman–Crippen MR) is 80.4 cm³/mol. The van der Waals surface area contributed by atoms with Crippen LogP contribution in [0, 0.1) is 0 Å². The summed E-state index contributed by atoms with van der Waals surface area (Å²) < 4.78 is 1.82. The maximum absolute atomic E-state index is 11.7. The molecule has 110 valence electrons. The molecule has 2 aromatic heterocycles. The fourth-order valence-electron chi connectivity index (χ4n) is 2.82. The van der Waals surface area contributed by atoms with Gasteiger partial charge in [0.2, 0.25) is 0 Å². The first-order chi connectivity index (χ1) is 10.0. The van der Waals surface area contributed by atoms with Crippen molar-refractivity contribution in [3.8, 4) is 11.3 Å². The van der Waals surface area contributed by atoms with Crippen molar-refractivity contribution in [1.82, 2.24) is 9.55 Å². The number of fused-ring (bicyclic) bond motifs is 1. The molecule has 3 N–H and O–H groups in total. The molecule has 1 atom stereocenters. The predicted octanol–water partition coefficient (Wildman–Crippen LogP) is 2.78. The number of nitrogens with zero attached hydrogens (tertiary/aromatic N) is 2. The molecule has 0 saturated carbocycles. The second-order valence-corrected chi connectivity index (χ2v) is 5.67. The van der Waals surface area contributed by atoms with Gasteiger partial charge in [0, 0.05) is 18.3 Å². The van der Waals surface area contributed by atoms with Gasteiger partial charge >= 0.3 is 0 Å². The van der Waals surface area contributed by atoms with Crippen LogP contribution in [0.25, 0.3) is 11.3 Å². The second-order valence-electron chi connectivity index (χ2n) is 4.94. The zero-order chi connectivity index (χ0) is 15.1. The van der Waals surface area contributed by atoms with Crippen molar-refractivity contribution in [2.45, 2.75) is 25.5 Å². The van der Waals surface area contributed by atoms with Crippen LogP contribution in [0.5, 0.6) is 0 Å². The fraction of sp³-hybridized carbons (Fsp3) is 0.286. The van der Waals surface area contributed by atoms with Gasteiger partial charge in [-0.25, -0.2) is 4.98 Å². The Balaban J connectivity index is 2.34. The topological polar surface area (TPSA) is 81.1 Å². The summed E-state index contributed by atoms with van der Waals surface area (Å²) in [4.78, 5) is 15.8. The number of carbonyl (C=O) groups excluding carboxylic acids is 1. The summed E-state index contributed by atoms with van der Waals surface area (Å²) in [6.45, 7) is 0.639. The highest BCUT2D eigenvalue weighted by molar-refractivity contribution is 6.38. The first-order valence-electron chi connectivity index (χ1n) is 6.53. The van der Waals surface area contributed by atoms with Gasteiger partial charge in [0.1, 0.15) is 5.15 Å². The van der Waals surface area contributed by atoms with Gasteiger partial charge in [-0.05, 0) is 25.0 Å². The highest BCUT2D eigenvalue weighted by atomic mass is 35.5. The van der Waals surface area contributed by atoms with Gasteiger partial charge in [0.05, 0.1) is 28.1 Å². The molecule has 1 aliphatic heterocycles. The monoisotopic (exact) mass is 325 g/mol. The van der Waals surface area contributed by atoms with E-state index in [1.165, 1.54) is 0 Å². The summed E-state index contributed by atoms with van der Waals surface area (Å²) in [6, 6.07) is 3.51. The smallest absolute Gasteiger partial charge is 0.252 e. The minimum absolute atomic E-state index is 0.166. The lowest BCUT2D eigenvalue weighted by Crippen LogP contribution is -2.20. The van der Waals surface area contributed by atoms with Gasteiger partial charge in [-0.15, -0.1) is 0 Å². The second kappa shape index (κ2) is 5.33. The number of halogens is 2. The number of rotatable bonds is 2. The van der Waals surface area contributed by atoms with Crippen LogP contribution in [0.1, 0.15) is 35.0 Å². The van der Waals surface area contributed by atoms with Crippen molar-refractivity contribution in [3.05, 3.63) is 39.8 Å². The van der Waals surface area contributed by atoms with Crippen molar-refractivity contribution in [2.75, 3.05) is 0 Å². The lowest BCUT2D eigenvalue weighted by atomic mass is 10.0. The number of nitrogens with two attached hydrogens (primary N) is 1. The summed E-state index contributed by atoms with van der Waals surface area (Å²) in [7, 11) is 0. The number of amides is 1. The quantitative estimate of drug-likeness (QED) is 0.833. The van der Waals surface area contributed by atoms with Crippen molar-refractivity contribution in [3.63, 3.8) is 0 Å². The van der Waals surface area contributed by atoms with Crippen LogP contribution < -0.4 is 5.73 Å². The third kappa shape index (κ3) is 2.21. The summed E-state index contributed by atoms with van der Waals surface area (Å²) in [5, 5.41) is 10.7. The van der Waals surface area contributed by atoms with E-state index in [2.05, 4.69) is 4.98 Å². The summed E-state index contributed by atoms with van der Waals surface area (Å²) >= 11 is 12.5. The van der Waals surface area contributed by atoms with Crippen LogP contribution in [0.2, 0.25) is 10.2 Å². The van der Waals surface area contributed by atoms with E-state index in [1.54, 1.807) is 18.3 Å². The van der Waals surface area contributed by atoms with E-state index in [4.69, 9.17) is 28.9 Å². The molecule has 0 bridgehead atoms. The van der Waals surface area contributed by atoms with E-state index in [-0.39, 0.29) is 15.7 Å². The number of hydrogen-bond donors (Lipinski definition) is 2. The Morgan fingerprint density at radius 1 is 1.48 bits per heavy atom. The lowest BCUT2D eigenvalue weighted by Gasteiger charge is -2.23. The summed E-state index contributed by atoms with van der Waals surface area (Å²) in [5.41, 5.74) is 7.26. The molecule has 0 aromatic carbocycles. The minimum atomic E-state index is -0.761. The largest absolute Gasteiger partial charge is 0.387 e. The molecule has 1 unspecified atom stereocenters. The molecular formula is C14H13Cl2N3O2. The average molecular weight is 326 g/mol. The van der Waals surface area contributed by atoms with E-state index in [0.717, 1.165) is 6.42 Å². The Labute approximate surface area is 131 Å². The molecule has 0 saturated heterocycles. The van der Waals surface area contributed by atoms with Gasteiger partial charge < -0.3 is 15.4 Å². The minimum Gasteiger partial charge on any atom is -0.387 e. The van der Waals surface area contributed by atoms with Gasteiger partial charge in [0.15, 0.2) is 0 Å². The van der Waals surface area contributed by atoms with Crippen molar-refractivity contribution in [2.24, 2.45) is 5.73 Å². The van der Waals surface area contributed by atoms with Gasteiger partial charge in [-0.3, -0.25) is 4.79 Å². The number of carbonyl (C=O) groups is 1. The van der Waals surface area contributed by atoms with Crippen LogP contribution >= 0.6 is 23.2 Å². The van der Waals surface area contributed by atoms with Crippen LogP contribution in [0.3, 0.4) is 0 Å². The van der Waals surface area contributed by atoms with Crippen molar-refractivity contribution in [1.29, 1.82) is 0 Å². The SMILES string of the molecule is NC(=O)c1c(Cl)c(-c2cccnc2Cl)n2c1C(O)CCC2. The van der Waals surface area contributed by atoms with Gasteiger partial charge in [0.25, 0.3) is 5.91 Å². The molecule has 0 fully saturated rings. The van der Waals surface area contributed by atoms with E-state index >= 15 is 0 Å². The first kappa shape index (κ1) is 14.4. The summed E-state index contributed by atoms with van der Waals surface area (Å²) in [5.74, 6) is -0.657. The number of aliphatic hydroxyl groups excluding tert-OH is 1. The maximum atomic E-state index is 11.7. The number of pyridine rings is 1. The lowest BCUT2D eigenvalue weighted by molar-refractivity contribution is 0.0983. The normalized spacial score (nSPS) is 17.6. The van der Waals surface area contributed by atoms with Crippen LogP contribution in [-0.2, 0) is 6.54 Å². The van der Waals surface area contributed by atoms with Gasteiger partial charge in [-0.1, -0.05) is 23.2 Å². The molecule has 1 amide bonds. The van der Waals surface area contributed by atoms with E-state index in [0.29, 0.717) is 29.9 Å². The standard InChI is InChI=1S/C14H13Cl2N3O2/c15-10-9(14(17)21)12-8(20)4-2-6-19(12)11(10)7-3-1-5-18-13(7)16/h1,3,5,8,20H,2,4,6H2,(H2,17,21). The Hall–Kier alpha value is -1.56. The molecule has 2 aromatic rings. The fourth-order valence-corrected chi connectivity index (χ4v) is 3.43. The van der Waals surface area contributed by atoms with Crippen LogP contribution in [0.15, 0.2) is 18.3 Å². The molecule has 0 radical (unpaired) electrons. The summed E-state index contributed by atoms with van der Waals surface area (Å²) in [6.07, 6.45) is 2.16. The highest BCUT2D eigenvalue weighted by Crippen LogP contribution is 2.42. The Morgan fingerprint density at radius 3 is 2.90 bits per heavy atom. The van der Waals surface area contributed by atoms with Crippen LogP contribution in [0.4, 0.5) is 0 Å². The van der Waals surface area contributed by atoms with E-state index in [9.17, 15) is 9.90 Å². The molecule has 5 nitrogen and oxygen atoms in total. The molecule has 0 spiro atoms.